The quantitative estimate of drug-likeness (QED) is 0.534. The predicted molar refractivity (Wildman–Crippen MR) is 128 cm³/mol. The SMILES string of the molecule is CC[C@H](C(=O)NC)N(Cc1cccc(OC)c1)C(=O)CN(c1ccccc1)S(=O)(=O)N(C)C. The summed E-state index contributed by atoms with van der Waals surface area (Å²) < 4.78 is 33.5. The molecule has 0 spiro atoms. The molecule has 0 saturated carbocycles. The molecule has 2 amide bonds. The van der Waals surface area contributed by atoms with E-state index >= 15 is 0 Å². The highest BCUT2D eigenvalue weighted by Crippen LogP contribution is 2.22. The van der Waals surface area contributed by atoms with Gasteiger partial charge in [-0.3, -0.25) is 9.59 Å². The summed E-state index contributed by atoms with van der Waals surface area (Å²) in [6.07, 6.45) is 0.362. The number of ether oxygens (including phenoxy) is 1. The fraction of sp³-hybridized carbons (Fsp3) is 0.391. The normalized spacial score (nSPS) is 12.2. The van der Waals surface area contributed by atoms with Crippen molar-refractivity contribution in [3.63, 3.8) is 0 Å². The number of likely N-dealkylation sites (N-methyl/N-ethyl adjacent to an activating group) is 1. The van der Waals surface area contributed by atoms with E-state index in [2.05, 4.69) is 5.32 Å². The summed E-state index contributed by atoms with van der Waals surface area (Å²) in [4.78, 5) is 27.6. The van der Waals surface area contributed by atoms with Crippen LogP contribution in [0.25, 0.3) is 0 Å². The highest BCUT2D eigenvalue weighted by atomic mass is 32.2. The fourth-order valence-electron chi connectivity index (χ4n) is 3.36. The van der Waals surface area contributed by atoms with E-state index in [4.69, 9.17) is 4.74 Å². The summed E-state index contributed by atoms with van der Waals surface area (Å²) >= 11 is 0. The van der Waals surface area contributed by atoms with Gasteiger partial charge in [-0.2, -0.15) is 12.7 Å². The van der Waals surface area contributed by atoms with Crippen LogP contribution in [0.3, 0.4) is 0 Å². The number of anilines is 1. The number of carbonyl (C=O) groups is 2. The Bertz CT molecular complexity index is 1040. The minimum atomic E-state index is -3.96. The Morgan fingerprint density at radius 1 is 1.06 bits per heavy atom. The largest absolute Gasteiger partial charge is 0.497 e. The summed E-state index contributed by atoms with van der Waals surface area (Å²) in [5, 5.41) is 2.60. The Balaban J connectivity index is 2.47. The van der Waals surface area contributed by atoms with Crippen molar-refractivity contribution >= 4 is 27.7 Å². The van der Waals surface area contributed by atoms with Crippen LogP contribution in [-0.4, -0.2) is 70.3 Å². The number of para-hydroxylation sites is 1. The number of methoxy groups -OCH3 is 1. The van der Waals surface area contributed by atoms with Crippen molar-refractivity contribution in [2.45, 2.75) is 25.9 Å². The Kier molecular flexibility index (Phi) is 9.24. The van der Waals surface area contributed by atoms with Crippen molar-refractivity contribution in [3.8, 4) is 5.75 Å². The second-order valence-corrected chi connectivity index (χ2v) is 9.61. The van der Waals surface area contributed by atoms with E-state index in [-0.39, 0.29) is 12.5 Å². The van der Waals surface area contributed by atoms with Gasteiger partial charge < -0.3 is 15.0 Å². The first-order chi connectivity index (χ1) is 15.6. The van der Waals surface area contributed by atoms with Gasteiger partial charge in [-0.25, -0.2) is 4.31 Å². The molecule has 0 aliphatic rings. The maximum Gasteiger partial charge on any atom is 0.304 e. The van der Waals surface area contributed by atoms with Gasteiger partial charge in [0.25, 0.3) is 0 Å². The molecule has 9 nitrogen and oxygen atoms in total. The fourth-order valence-corrected chi connectivity index (χ4v) is 4.42. The number of nitrogens with zero attached hydrogens (tertiary/aromatic N) is 3. The van der Waals surface area contributed by atoms with Gasteiger partial charge in [-0.1, -0.05) is 37.3 Å². The summed E-state index contributed by atoms with van der Waals surface area (Å²) in [6.45, 7) is 1.46. The van der Waals surface area contributed by atoms with Gasteiger partial charge >= 0.3 is 10.2 Å². The average Bonchev–Trinajstić information content (AvgIpc) is 2.82. The number of nitrogens with one attached hydrogen (secondary N) is 1. The zero-order chi connectivity index (χ0) is 24.6. The molecule has 0 saturated heterocycles. The van der Waals surface area contributed by atoms with Gasteiger partial charge in [0.15, 0.2) is 0 Å². The van der Waals surface area contributed by atoms with Crippen molar-refractivity contribution in [3.05, 3.63) is 60.2 Å². The number of carbonyl (C=O) groups excluding carboxylic acids is 2. The second-order valence-electron chi connectivity index (χ2n) is 7.54. The topological polar surface area (TPSA) is 99.3 Å². The van der Waals surface area contributed by atoms with Gasteiger partial charge in [0.1, 0.15) is 18.3 Å². The van der Waals surface area contributed by atoms with E-state index in [1.165, 1.54) is 26.0 Å². The Hall–Kier alpha value is -3.11. The molecule has 0 bridgehead atoms. The number of hydrogen-bond donors (Lipinski definition) is 1. The second kappa shape index (κ2) is 11.7. The third kappa shape index (κ3) is 6.45. The summed E-state index contributed by atoms with van der Waals surface area (Å²) in [5.41, 5.74) is 1.11. The van der Waals surface area contributed by atoms with Crippen LogP contribution in [0.5, 0.6) is 5.75 Å². The highest BCUT2D eigenvalue weighted by Gasteiger charge is 2.33. The minimum Gasteiger partial charge on any atom is -0.497 e. The first kappa shape index (κ1) is 26.1. The molecule has 1 atom stereocenters. The van der Waals surface area contributed by atoms with Crippen LogP contribution >= 0.6 is 0 Å². The highest BCUT2D eigenvalue weighted by molar-refractivity contribution is 7.90. The monoisotopic (exact) mass is 476 g/mol. The van der Waals surface area contributed by atoms with Crippen LogP contribution in [0.1, 0.15) is 18.9 Å². The molecule has 0 aliphatic heterocycles. The standard InChI is InChI=1S/C23H32N4O5S/c1-6-21(23(29)24-2)26(16-18-11-10-14-20(15-18)32-5)22(28)17-27(33(30,31)25(3)4)19-12-8-7-9-13-19/h7-15,21H,6,16-17H2,1-5H3,(H,24,29)/t21-/m1/s1. The maximum absolute atomic E-state index is 13.6. The number of hydrogen-bond acceptors (Lipinski definition) is 5. The van der Waals surface area contributed by atoms with Gasteiger partial charge in [0, 0.05) is 27.7 Å². The molecule has 180 valence electrons. The van der Waals surface area contributed by atoms with E-state index in [1.54, 1.807) is 62.6 Å². The summed E-state index contributed by atoms with van der Waals surface area (Å²) in [5.74, 6) is -0.202. The molecule has 10 heteroatoms. The lowest BCUT2D eigenvalue weighted by Crippen LogP contribution is -2.52. The molecule has 2 aromatic rings. The predicted octanol–water partition coefficient (Wildman–Crippen LogP) is 1.86. The molecule has 0 fully saturated rings. The first-order valence-electron chi connectivity index (χ1n) is 10.5. The molecule has 2 aromatic carbocycles. The lowest BCUT2D eigenvalue weighted by atomic mass is 10.1. The molecule has 2 rings (SSSR count). The molecule has 33 heavy (non-hydrogen) atoms. The molecule has 1 N–H and O–H groups in total. The third-order valence-corrected chi connectivity index (χ3v) is 7.00. The lowest BCUT2D eigenvalue weighted by molar-refractivity contribution is -0.140. The van der Waals surface area contributed by atoms with E-state index in [1.807, 2.05) is 6.07 Å². The molecule has 0 heterocycles. The molecule has 0 radical (unpaired) electrons. The maximum atomic E-state index is 13.6. The smallest absolute Gasteiger partial charge is 0.304 e. The molecule has 0 aromatic heterocycles. The number of rotatable bonds is 11. The molecular weight excluding hydrogens is 444 g/mol. The van der Waals surface area contributed by atoms with E-state index in [0.29, 0.717) is 17.9 Å². The van der Waals surface area contributed by atoms with Gasteiger partial charge in [0.05, 0.1) is 12.8 Å². The Labute approximate surface area is 196 Å². The number of benzene rings is 2. The van der Waals surface area contributed by atoms with Crippen molar-refractivity contribution < 1.29 is 22.7 Å². The first-order valence-corrected chi connectivity index (χ1v) is 11.9. The van der Waals surface area contributed by atoms with Gasteiger partial charge in [-0.15, -0.1) is 0 Å². The van der Waals surface area contributed by atoms with Crippen molar-refractivity contribution in [2.24, 2.45) is 0 Å². The average molecular weight is 477 g/mol. The lowest BCUT2D eigenvalue weighted by Gasteiger charge is -2.33. The zero-order valence-corrected chi connectivity index (χ0v) is 20.5. The Morgan fingerprint density at radius 3 is 2.27 bits per heavy atom. The van der Waals surface area contributed by atoms with E-state index in [0.717, 1.165) is 14.2 Å². The van der Waals surface area contributed by atoms with Crippen LogP contribution in [0.2, 0.25) is 0 Å². The van der Waals surface area contributed by atoms with Crippen LogP contribution in [0, 0.1) is 0 Å². The molecule has 0 aliphatic carbocycles. The van der Waals surface area contributed by atoms with Crippen molar-refractivity contribution in [1.82, 2.24) is 14.5 Å². The third-order valence-electron chi connectivity index (χ3n) is 5.18. The molecule has 0 unspecified atom stereocenters. The minimum absolute atomic E-state index is 0.118. The number of amides is 2. The zero-order valence-electron chi connectivity index (χ0n) is 19.7. The van der Waals surface area contributed by atoms with Gasteiger partial charge in [-0.05, 0) is 36.2 Å². The van der Waals surface area contributed by atoms with Crippen LogP contribution < -0.4 is 14.4 Å². The molecular formula is C23H32N4O5S. The van der Waals surface area contributed by atoms with Crippen molar-refractivity contribution in [1.29, 1.82) is 0 Å². The van der Waals surface area contributed by atoms with Crippen LogP contribution in [0.4, 0.5) is 5.69 Å². The summed E-state index contributed by atoms with van der Waals surface area (Å²) in [6, 6.07) is 14.8. The van der Waals surface area contributed by atoms with Crippen LogP contribution in [0.15, 0.2) is 54.6 Å². The summed E-state index contributed by atoms with van der Waals surface area (Å²) in [7, 11) is 1.90. The Morgan fingerprint density at radius 2 is 1.73 bits per heavy atom. The van der Waals surface area contributed by atoms with E-state index in [9.17, 15) is 18.0 Å². The van der Waals surface area contributed by atoms with Crippen molar-refractivity contribution in [2.75, 3.05) is 39.1 Å². The van der Waals surface area contributed by atoms with Gasteiger partial charge in [0.2, 0.25) is 11.8 Å². The van der Waals surface area contributed by atoms with E-state index < -0.39 is 28.7 Å². The van der Waals surface area contributed by atoms with Crippen LogP contribution in [-0.2, 0) is 26.3 Å².